The van der Waals surface area contributed by atoms with Gasteiger partial charge in [0.2, 0.25) is 5.91 Å². The van der Waals surface area contributed by atoms with Crippen LogP contribution >= 0.6 is 0 Å². The van der Waals surface area contributed by atoms with Crippen LogP contribution in [0.25, 0.3) is 11.4 Å². The monoisotopic (exact) mass is 405 g/mol. The molecule has 5 rings (SSSR count). The number of nitrogens with one attached hydrogen (secondary N) is 1. The second-order valence-corrected chi connectivity index (χ2v) is 7.24. The van der Waals surface area contributed by atoms with Crippen molar-refractivity contribution in [1.29, 1.82) is 0 Å². The number of benzene rings is 1. The molecule has 1 aromatic carbocycles. The predicted molar refractivity (Wildman–Crippen MR) is 96.9 cm³/mol. The zero-order valence-electron chi connectivity index (χ0n) is 15.3. The van der Waals surface area contributed by atoms with Gasteiger partial charge in [-0.25, -0.2) is 14.7 Å². The zero-order chi connectivity index (χ0) is 20.5. The number of hydrogen-bond donors (Lipinski definition) is 2. The number of ether oxygens (including phenoxy) is 2. The van der Waals surface area contributed by atoms with Crippen molar-refractivity contribution in [2.24, 2.45) is 5.73 Å². The number of imidazole rings is 1. The van der Waals surface area contributed by atoms with Crippen LogP contribution in [0.15, 0.2) is 24.4 Å². The van der Waals surface area contributed by atoms with Crippen molar-refractivity contribution in [3.05, 3.63) is 24.4 Å². The Bertz CT molecular complexity index is 1040. The maximum atomic E-state index is 13.7. The van der Waals surface area contributed by atoms with Gasteiger partial charge in [0.1, 0.15) is 24.2 Å². The summed E-state index contributed by atoms with van der Waals surface area (Å²) in [6.07, 6.45) is -0.684. The maximum absolute atomic E-state index is 13.7. The van der Waals surface area contributed by atoms with Crippen LogP contribution in [-0.4, -0.2) is 52.3 Å². The number of hydrogen-bond acceptors (Lipinski definition) is 6. The second kappa shape index (κ2) is 5.82. The molecule has 9 nitrogen and oxygen atoms in total. The summed E-state index contributed by atoms with van der Waals surface area (Å²) in [4.78, 5) is 28.6. The van der Waals surface area contributed by atoms with Crippen molar-refractivity contribution in [1.82, 2.24) is 9.55 Å². The average molecular weight is 405 g/mol. The molecule has 2 fully saturated rings. The lowest BCUT2D eigenvalue weighted by Gasteiger charge is -2.15. The number of alkyl halides is 2. The minimum Gasteiger partial charge on any atom is -0.491 e. The summed E-state index contributed by atoms with van der Waals surface area (Å²) in [6, 6.07) is 3.32. The van der Waals surface area contributed by atoms with Crippen LogP contribution in [0.4, 0.5) is 25.1 Å². The molecule has 2 aromatic rings. The van der Waals surface area contributed by atoms with Crippen molar-refractivity contribution in [2.75, 3.05) is 16.8 Å². The number of nitrogens with two attached hydrogens (primary N) is 1. The van der Waals surface area contributed by atoms with E-state index in [0.717, 1.165) is 4.90 Å². The van der Waals surface area contributed by atoms with Gasteiger partial charge in [0.05, 0.1) is 12.1 Å². The molecule has 11 heteroatoms. The summed E-state index contributed by atoms with van der Waals surface area (Å²) in [5.74, 6) is -2.43. The van der Waals surface area contributed by atoms with Gasteiger partial charge in [0, 0.05) is 18.0 Å². The van der Waals surface area contributed by atoms with Crippen molar-refractivity contribution in [3.8, 4) is 17.1 Å². The molecule has 0 bridgehead atoms. The molecule has 1 saturated carbocycles. The zero-order valence-corrected chi connectivity index (χ0v) is 15.3. The number of amides is 2. The van der Waals surface area contributed by atoms with Crippen LogP contribution in [0.3, 0.4) is 0 Å². The molecule has 152 valence electrons. The fraction of sp³-hybridized carbons (Fsp3) is 0.389. The maximum Gasteiger partial charge on any atom is 0.416 e. The smallest absolute Gasteiger partial charge is 0.416 e. The number of carbonyl (C=O) groups is 2. The molecule has 3 heterocycles. The molecule has 3 atom stereocenters. The first-order chi connectivity index (χ1) is 13.8. The lowest BCUT2D eigenvalue weighted by Crippen LogP contribution is -2.33. The summed E-state index contributed by atoms with van der Waals surface area (Å²) in [5, 5.41) is 2.98. The van der Waals surface area contributed by atoms with Gasteiger partial charge in [-0.2, -0.15) is 8.78 Å². The predicted octanol–water partition coefficient (Wildman–Crippen LogP) is 1.57. The fourth-order valence-corrected chi connectivity index (χ4v) is 3.64. The first-order valence-corrected chi connectivity index (χ1v) is 9.05. The minimum atomic E-state index is -3.06. The highest BCUT2D eigenvalue weighted by Gasteiger charge is 2.80. The third-order valence-electron chi connectivity index (χ3n) is 5.29. The first-order valence-electron chi connectivity index (χ1n) is 9.05. The number of aromatic nitrogens is 2. The largest absolute Gasteiger partial charge is 0.491 e. The molecule has 1 aliphatic carbocycles. The van der Waals surface area contributed by atoms with Gasteiger partial charge in [0.25, 0.3) is 0 Å². The summed E-state index contributed by atoms with van der Waals surface area (Å²) in [6.45, 7) is 2.38. The minimum absolute atomic E-state index is 0.118. The second-order valence-electron chi connectivity index (χ2n) is 7.24. The Morgan fingerprint density at radius 2 is 2.24 bits per heavy atom. The highest BCUT2D eigenvalue weighted by molar-refractivity contribution is 5.92. The van der Waals surface area contributed by atoms with Gasteiger partial charge < -0.3 is 25.1 Å². The van der Waals surface area contributed by atoms with E-state index in [1.54, 1.807) is 35.9 Å². The Balaban J connectivity index is 1.49. The van der Waals surface area contributed by atoms with E-state index in [2.05, 4.69) is 10.3 Å². The number of nitrogens with zero attached hydrogens (tertiary/aromatic N) is 3. The number of primary amides is 1. The van der Waals surface area contributed by atoms with E-state index in [1.807, 2.05) is 0 Å². The molecule has 2 aliphatic heterocycles. The van der Waals surface area contributed by atoms with E-state index >= 15 is 0 Å². The Hall–Kier alpha value is -3.37. The molecule has 2 amide bonds. The highest BCUT2D eigenvalue weighted by Crippen LogP contribution is 2.54. The van der Waals surface area contributed by atoms with Crippen molar-refractivity contribution in [3.63, 3.8) is 0 Å². The lowest BCUT2D eigenvalue weighted by molar-refractivity contribution is -0.118. The van der Waals surface area contributed by atoms with Crippen molar-refractivity contribution < 1.29 is 27.8 Å². The third-order valence-corrected chi connectivity index (χ3v) is 5.29. The molecule has 0 radical (unpaired) electrons. The van der Waals surface area contributed by atoms with Crippen LogP contribution in [0.1, 0.15) is 6.92 Å². The van der Waals surface area contributed by atoms with Crippen LogP contribution in [0, 0.1) is 0 Å². The molecular formula is C18H17F2N5O4. The molecular weight excluding hydrogens is 388 g/mol. The summed E-state index contributed by atoms with van der Waals surface area (Å²) in [5.41, 5.74) is 6.55. The van der Waals surface area contributed by atoms with Gasteiger partial charge in [-0.15, -0.1) is 0 Å². The van der Waals surface area contributed by atoms with Gasteiger partial charge >= 0.3 is 12.0 Å². The summed E-state index contributed by atoms with van der Waals surface area (Å²) < 4.78 is 39.7. The quantitative estimate of drug-likeness (QED) is 0.799. The van der Waals surface area contributed by atoms with E-state index < -0.39 is 36.1 Å². The molecule has 3 N–H and O–H groups in total. The number of anilines is 2. The highest BCUT2D eigenvalue weighted by atomic mass is 19.3. The Labute approximate surface area is 163 Å². The van der Waals surface area contributed by atoms with Gasteiger partial charge in [-0.3, -0.25) is 4.79 Å². The lowest BCUT2D eigenvalue weighted by atomic mass is 10.1. The average Bonchev–Trinajstić information content (AvgIpc) is 2.98. The third kappa shape index (κ3) is 2.60. The molecule has 29 heavy (non-hydrogen) atoms. The summed E-state index contributed by atoms with van der Waals surface area (Å²) >= 11 is 0. The standard InChI is InChI=1S/C18H17F2N5O4/c1-8(15(21)26)22-9-2-3-10-11(6-9)28-5-4-24-7-12(23-16(10)24)25-13-14(18(13,19)20)29-17(25)27/h2-3,6-8,13-14,22H,4-5H2,1H3,(H2,21,26)/t8-,13-,14?/m0/s1. The summed E-state index contributed by atoms with van der Waals surface area (Å²) in [7, 11) is 0. The van der Waals surface area contributed by atoms with Gasteiger partial charge in [-0.1, -0.05) is 0 Å². The molecule has 0 spiro atoms. The Kier molecular flexibility index (Phi) is 3.55. The number of halogens is 2. The molecule has 1 aromatic heterocycles. The Morgan fingerprint density at radius 3 is 2.97 bits per heavy atom. The fourth-order valence-electron chi connectivity index (χ4n) is 3.64. The van der Waals surface area contributed by atoms with E-state index in [1.165, 1.54) is 0 Å². The van der Waals surface area contributed by atoms with Gasteiger partial charge in [-0.05, 0) is 19.1 Å². The van der Waals surface area contributed by atoms with E-state index in [9.17, 15) is 18.4 Å². The van der Waals surface area contributed by atoms with Crippen LogP contribution < -0.4 is 20.7 Å². The van der Waals surface area contributed by atoms with Crippen LogP contribution in [0.5, 0.6) is 5.75 Å². The Morgan fingerprint density at radius 1 is 1.45 bits per heavy atom. The van der Waals surface area contributed by atoms with Crippen LogP contribution in [-0.2, 0) is 16.1 Å². The molecule has 3 aliphatic rings. The molecule has 1 saturated heterocycles. The van der Waals surface area contributed by atoms with Crippen LogP contribution in [0.2, 0.25) is 0 Å². The van der Waals surface area contributed by atoms with E-state index in [0.29, 0.717) is 36.0 Å². The number of rotatable bonds is 4. The number of carbonyl (C=O) groups excluding carboxylic acids is 2. The SMILES string of the molecule is C[C@H](Nc1ccc2c(c1)OCCn1cc(N3C(=O)OC4[C@H]3C4(F)F)nc1-2)C(N)=O. The van der Waals surface area contributed by atoms with E-state index in [-0.39, 0.29) is 5.82 Å². The van der Waals surface area contributed by atoms with Crippen molar-refractivity contribution >= 4 is 23.5 Å². The van der Waals surface area contributed by atoms with Gasteiger partial charge in [0.15, 0.2) is 18.0 Å². The van der Waals surface area contributed by atoms with E-state index in [4.69, 9.17) is 15.2 Å². The number of fused-ring (bicyclic) bond motifs is 4. The first kappa shape index (κ1) is 17.7. The molecule has 1 unspecified atom stereocenters. The topological polar surface area (TPSA) is 112 Å². The normalized spacial score (nSPS) is 24.4. The van der Waals surface area contributed by atoms with Crippen molar-refractivity contribution in [2.45, 2.75) is 37.6 Å².